The lowest BCUT2D eigenvalue weighted by Gasteiger charge is -2.08. The van der Waals surface area contributed by atoms with E-state index in [1.54, 1.807) is 6.20 Å². The van der Waals surface area contributed by atoms with E-state index in [1.807, 2.05) is 38.1 Å². The molecule has 0 saturated heterocycles. The van der Waals surface area contributed by atoms with Crippen molar-refractivity contribution in [3.8, 4) is 11.5 Å². The van der Waals surface area contributed by atoms with Gasteiger partial charge < -0.3 is 15.1 Å². The molecule has 2 heterocycles. The van der Waals surface area contributed by atoms with Gasteiger partial charge in [-0.2, -0.15) is 5.10 Å². The van der Waals surface area contributed by atoms with E-state index >= 15 is 0 Å². The van der Waals surface area contributed by atoms with Gasteiger partial charge in [-0.3, -0.25) is 5.10 Å². The third-order valence-corrected chi connectivity index (χ3v) is 3.85. The minimum Gasteiger partial charge on any atom is -0.441 e. The molecule has 3 N–H and O–H groups in total. The number of carbonyl (C=O) groups is 1. The number of H-pyrrole nitrogens is 1. The van der Waals surface area contributed by atoms with Gasteiger partial charge in [-0.05, 0) is 38.1 Å². The second-order valence-electron chi connectivity index (χ2n) is 6.19. The van der Waals surface area contributed by atoms with E-state index < -0.39 is 0 Å². The summed E-state index contributed by atoms with van der Waals surface area (Å²) in [5.41, 5.74) is 3.78. The molecule has 2 aromatic heterocycles. The number of aromatic amines is 1. The number of oxazole rings is 1. The summed E-state index contributed by atoms with van der Waals surface area (Å²) in [5, 5.41) is 12.5. The summed E-state index contributed by atoms with van der Waals surface area (Å²) in [6.07, 6.45) is 1.75. The van der Waals surface area contributed by atoms with Gasteiger partial charge in [-0.15, -0.1) is 0 Å². The first-order valence-corrected chi connectivity index (χ1v) is 8.09. The van der Waals surface area contributed by atoms with Crippen LogP contribution in [-0.4, -0.2) is 21.2 Å². The van der Waals surface area contributed by atoms with Crippen molar-refractivity contribution in [2.45, 2.75) is 33.6 Å². The number of nitrogens with one attached hydrogen (secondary N) is 3. The fourth-order valence-electron chi connectivity index (χ4n) is 2.39. The zero-order valence-corrected chi connectivity index (χ0v) is 14.7. The largest absolute Gasteiger partial charge is 0.441 e. The summed E-state index contributed by atoms with van der Waals surface area (Å²) in [5.74, 6) is 1.72. The average molecular weight is 339 g/mol. The minimum atomic E-state index is -0.321. The Hall–Kier alpha value is -3.09. The second kappa shape index (κ2) is 6.80. The molecule has 1 aromatic carbocycles. The lowest BCUT2D eigenvalue weighted by Crippen LogP contribution is -2.20. The Morgan fingerprint density at radius 3 is 2.44 bits per heavy atom. The van der Waals surface area contributed by atoms with Gasteiger partial charge in [0.2, 0.25) is 5.89 Å². The van der Waals surface area contributed by atoms with E-state index in [0.717, 1.165) is 22.7 Å². The van der Waals surface area contributed by atoms with Crippen molar-refractivity contribution < 1.29 is 9.21 Å². The Labute approximate surface area is 145 Å². The minimum absolute atomic E-state index is 0.292. The van der Waals surface area contributed by atoms with E-state index in [-0.39, 0.29) is 6.03 Å². The normalized spacial score (nSPS) is 10.9. The van der Waals surface area contributed by atoms with Crippen LogP contribution < -0.4 is 10.6 Å². The monoisotopic (exact) mass is 339 g/mol. The van der Waals surface area contributed by atoms with Crippen LogP contribution in [0.5, 0.6) is 0 Å². The standard InChI is InChI=1S/C18H21N5O2/c1-10(2)15-9-19-17(25-15)13-5-7-14(8-6-13)20-18(24)21-16-11(3)22-23-12(16)4/h5-10H,1-4H3,(H,22,23)(H2,20,21,24). The maximum atomic E-state index is 12.1. The number of benzene rings is 1. The van der Waals surface area contributed by atoms with E-state index in [1.165, 1.54) is 0 Å². The summed E-state index contributed by atoms with van der Waals surface area (Å²) < 4.78 is 5.73. The molecule has 3 rings (SSSR count). The molecule has 2 amide bonds. The van der Waals surface area contributed by atoms with Gasteiger partial charge in [0, 0.05) is 17.2 Å². The third-order valence-electron chi connectivity index (χ3n) is 3.85. The first-order valence-electron chi connectivity index (χ1n) is 8.09. The highest BCUT2D eigenvalue weighted by atomic mass is 16.4. The third kappa shape index (κ3) is 3.71. The van der Waals surface area contributed by atoms with Crippen LogP contribution in [0.4, 0.5) is 16.2 Å². The van der Waals surface area contributed by atoms with Gasteiger partial charge in [0.05, 0.1) is 23.3 Å². The Bertz CT molecular complexity index is 858. The number of rotatable bonds is 4. The number of aromatic nitrogens is 3. The molecule has 0 aliphatic rings. The molecule has 7 heteroatoms. The zero-order chi connectivity index (χ0) is 18.0. The van der Waals surface area contributed by atoms with Gasteiger partial charge in [0.25, 0.3) is 0 Å². The number of hydrogen-bond acceptors (Lipinski definition) is 4. The van der Waals surface area contributed by atoms with Crippen molar-refractivity contribution >= 4 is 17.4 Å². The molecule has 0 aliphatic carbocycles. The van der Waals surface area contributed by atoms with E-state index in [2.05, 4.69) is 39.7 Å². The number of carbonyl (C=O) groups excluding carboxylic acids is 1. The van der Waals surface area contributed by atoms with Crippen molar-refractivity contribution in [3.05, 3.63) is 47.6 Å². The maximum Gasteiger partial charge on any atom is 0.323 e. The summed E-state index contributed by atoms with van der Waals surface area (Å²) in [6.45, 7) is 7.79. The van der Waals surface area contributed by atoms with Crippen molar-refractivity contribution in [3.63, 3.8) is 0 Å². The Balaban J connectivity index is 1.67. The SMILES string of the molecule is Cc1n[nH]c(C)c1NC(=O)Nc1ccc(-c2ncc(C(C)C)o2)cc1. The molecule has 0 fully saturated rings. The molecule has 0 atom stereocenters. The first kappa shape index (κ1) is 16.8. The van der Waals surface area contributed by atoms with Crippen molar-refractivity contribution in [2.24, 2.45) is 0 Å². The van der Waals surface area contributed by atoms with Gasteiger partial charge in [-0.1, -0.05) is 13.8 Å². The van der Waals surface area contributed by atoms with E-state index in [9.17, 15) is 4.79 Å². The lowest BCUT2D eigenvalue weighted by atomic mass is 10.2. The van der Waals surface area contributed by atoms with Crippen LogP contribution in [0.2, 0.25) is 0 Å². The smallest absolute Gasteiger partial charge is 0.323 e. The Morgan fingerprint density at radius 2 is 1.88 bits per heavy atom. The molecule has 0 spiro atoms. The van der Waals surface area contributed by atoms with Crippen molar-refractivity contribution in [2.75, 3.05) is 10.6 Å². The van der Waals surface area contributed by atoms with Crippen LogP contribution in [0.25, 0.3) is 11.5 Å². The van der Waals surface area contributed by atoms with Crippen LogP contribution in [-0.2, 0) is 0 Å². The molecule has 0 saturated carbocycles. The molecular formula is C18H21N5O2. The van der Waals surface area contributed by atoms with Crippen molar-refractivity contribution in [1.29, 1.82) is 0 Å². The molecular weight excluding hydrogens is 318 g/mol. The fraction of sp³-hybridized carbons (Fsp3) is 0.278. The lowest BCUT2D eigenvalue weighted by molar-refractivity contribution is 0.262. The van der Waals surface area contributed by atoms with Gasteiger partial charge in [0.15, 0.2) is 0 Å². The summed E-state index contributed by atoms with van der Waals surface area (Å²) in [6, 6.07) is 7.02. The summed E-state index contributed by atoms with van der Waals surface area (Å²) in [7, 11) is 0. The van der Waals surface area contributed by atoms with Gasteiger partial charge >= 0.3 is 6.03 Å². The number of anilines is 2. The van der Waals surface area contributed by atoms with E-state index in [4.69, 9.17) is 4.42 Å². The fourth-order valence-corrected chi connectivity index (χ4v) is 2.39. The molecule has 0 aliphatic heterocycles. The number of urea groups is 1. The molecule has 25 heavy (non-hydrogen) atoms. The van der Waals surface area contributed by atoms with Gasteiger partial charge in [0.1, 0.15) is 5.76 Å². The molecule has 130 valence electrons. The highest BCUT2D eigenvalue weighted by molar-refractivity contribution is 6.00. The number of nitrogens with zero attached hydrogens (tertiary/aromatic N) is 2. The molecule has 0 bridgehead atoms. The Kier molecular flexibility index (Phi) is 4.56. The first-order chi connectivity index (χ1) is 11.9. The topological polar surface area (TPSA) is 95.8 Å². The molecule has 3 aromatic rings. The van der Waals surface area contributed by atoms with Crippen LogP contribution >= 0.6 is 0 Å². The predicted molar refractivity (Wildman–Crippen MR) is 96.7 cm³/mol. The van der Waals surface area contributed by atoms with Crippen molar-refractivity contribution in [1.82, 2.24) is 15.2 Å². The summed E-state index contributed by atoms with van der Waals surface area (Å²) >= 11 is 0. The number of amides is 2. The van der Waals surface area contributed by atoms with Crippen LogP contribution in [0.1, 0.15) is 36.9 Å². The average Bonchev–Trinajstić information content (AvgIpc) is 3.18. The second-order valence-corrected chi connectivity index (χ2v) is 6.19. The highest BCUT2D eigenvalue weighted by Gasteiger charge is 2.12. The van der Waals surface area contributed by atoms with Crippen LogP contribution in [0.3, 0.4) is 0 Å². The van der Waals surface area contributed by atoms with Gasteiger partial charge in [-0.25, -0.2) is 9.78 Å². The highest BCUT2D eigenvalue weighted by Crippen LogP contribution is 2.24. The molecule has 0 unspecified atom stereocenters. The zero-order valence-electron chi connectivity index (χ0n) is 14.7. The Morgan fingerprint density at radius 1 is 1.16 bits per heavy atom. The number of hydrogen-bond donors (Lipinski definition) is 3. The van der Waals surface area contributed by atoms with Crippen LogP contribution in [0.15, 0.2) is 34.9 Å². The van der Waals surface area contributed by atoms with E-state index in [0.29, 0.717) is 23.2 Å². The quantitative estimate of drug-likeness (QED) is 0.654. The molecule has 0 radical (unpaired) electrons. The maximum absolute atomic E-state index is 12.1. The van der Waals surface area contributed by atoms with Crippen LogP contribution in [0, 0.1) is 13.8 Å². The summed E-state index contributed by atoms with van der Waals surface area (Å²) in [4.78, 5) is 16.4. The number of aryl methyl sites for hydroxylation is 2. The molecule has 7 nitrogen and oxygen atoms in total. The predicted octanol–water partition coefficient (Wildman–Crippen LogP) is 4.45.